The van der Waals surface area contributed by atoms with E-state index in [9.17, 15) is 9.00 Å². The molecule has 0 radical (unpaired) electrons. The molecule has 0 N–H and O–H groups in total. The fourth-order valence-corrected chi connectivity index (χ4v) is 2.96. The van der Waals surface area contributed by atoms with Gasteiger partial charge in [0.25, 0.3) is 0 Å². The van der Waals surface area contributed by atoms with Crippen molar-refractivity contribution in [3.05, 3.63) is 47.9 Å². The van der Waals surface area contributed by atoms with E-state index in [4.69, 9.17) is 4.52 Å². The van der Waals surface area contributed by atoms with Gasteiger partial charge in [0, 0.05) is 29.6 Å². The number of hydrogen-bond acceptors (Lipinski definition) is 4. The molecule has 2 aromatic rings. The molecule has 0 aliphatic heterocycles. The summed E-state index contributed by atoms with van der Waals surface area (Å²) >= 11 is 0. The Kier molecular flexibility index (Phi) is 4.90. The van der Waals surface area contributed by atoms with E-state index in [1.807, 2.05) is 30.3 Å². The number of carbonyl (C=O) groups is 1. The van der Waals surface area contributed by atoms with Crippen LogP contribution in [0.4, 0.5) is 5.69 Å². The van der Waals surface area contributed by atoms with Gasteiger partial charge in [-0.15, -0.1) is 0 Å². The van der Waals surface area contributed by atoms with Gasteiger partial charge in [0.15, 0.2) is 0 Å². The lowest BCUT2D eigenvalue weighted by molar-refractivity contribution is -0.117. The molecule has 2 unspecified atom stereocenters. The summed E-state index contributed by atoms with van der Waals surface area (Å²) in [7, 11) is 0.333. The molecular weight excluding hydrogens is 288 g/mol. The van der Waals surface area contributed by atoms with E-state index >= 15 is 0 Å². The topological polar surface area (TPSA) is 63.4 Å². The van der Waals surface area contributed by atoms with Crippen molar-refractivity contribution in [1.82, 2.24) is 5.16 Å². The molecule has 112 valence electrons. The maximum absolute atomic E-state index is 12.4. The Labute approximate surface area is 126 Å². The largest absolute Gasteiger partial charge is 0.360 e. The molecule has 1 aromatic heterocycles. The Bertz CT molecular complexity index is 639. The molecule has 1 amide bonds. The average Bonchev–Trinajstić information content (AvgIpc) is 2.90. The molecule has 0 saturated carbocycles. The highest BCUT2D eigenvalue weighted by atomic mass is 32.2. The molecule has 1 aromatic carbocycles. The molecule has 0 saturated heterocycles. The van der Waals surface area contributed by atoms with Gasteiger partial charge in [-0.2, -0.15) is 0 Å². The number of anilines is 1. The third-order valence-electron chi connectivity index (χ3n) is 3.18. The van der Waals surface area contributed by atoms with E-state index in [1.165, 1.54) is 4.90 Å². The number of carbonyl (C=O) groups excluding carboxylic acids is 1. The summed E-state index contributed by atoms with van der Waals surface area (Å²) in [6.07, 6.45) is 0. The van der Waals surface area contributed by atoms with Crippen LogP contribution in [0.2, 0.25) is 0 Å². The summed E-state index contributed by atoms with van der Waals surface area (Å²) < 4.78 is 17.3. The van der Waals surface area contributed by atoms with Gasteiger partial charge in [0.2, 0.25) is 5.91 Å². The second-order valence-electron chi connectivity index (χ2n) is 4.83. The number of nitrogens with zero attached hydrogens (tertiary/aromatic N) is 2. The Morgan fingerprint density at radius 2 is 2.05 bits per heavy atom. The van der Waals surface area contributed by atoms with Crippen molar-refractivity contribution < 1.29 is 13.5 Å². The molecule has 0 bridgehead atoms. The minimum atomic E-state index is -1.35. The second-order valence-corrected chi connectivity index (χ2v) is 6.59. The Morgan fingerprint density at radius 1 is 1.38 bits per heavy atom. The molecule has 0 aliphatic rings. The summed E-state index contributed by atoms with van der Waals surface area (Å²) in [6.45, 7) is 3.47. The zero-order chi connectivity index (χ0) is 15.4. The molecule has 6 heteroatoms. The number of rotatable bonds is 5. The number of aromatic nitrogens is 1. The highest BCUT2D eigenvalue weighted by Crippen LogP contribution is 2.15. The zero-order valence-electron chi connectivity index (χ0n) is 12.3. The van der Waals surface area contributed by atoms with E-state index < -0.39 is 16.0 Å². The monoisotopic (exact) mass is 306 g/mol. The second kappa shape index (κ2) is 6.67. The Morgan fingerprint density at radius 3 is 2.62 bits per heavy atom. The lowest BCUT2D eigenvalue weighted by Crippen LogP contribution is -2.37. The van der Waals surface area contributed by atoms with Crippen molar-refractivity contribution in [3.63, 3.8) is 0 Å². The summed E-state index contributed by atoms with van der Waals surface area (Å²) in [5, 5.41) is 3.14. The molecule has 21 heavy (non-hydrogen) atoms. The molecule has 0 aliphatic carbocycles. The van der Waals surface area contributed by atoms with Crippen LogP contribution in [-0.4, -0.2) is 27.6 Å². The number of para-hydroxylation sites is 1. The SMILES string of the molecule is Cc1cc(CS(=O)C(C)C(=O)N(C)c2ccccc2)on1. The van der Waals surface area contributed by atoms with Crippen LogP contribution in [0.1, 0.15) is 18.4 Å². The first-order chi connectivity index (χ1) is 9.99. The minimum absolute atomic E-state index is 0.184. The lowest BCUT2D eigenvalue weighted by atomic mass is 10.3. The highest BCUT2D eigenvalue weighted by molar-refractivity contribution is 7.85. The van der Waals surface area contributed by atoms with Crippen LogP contribution in [0, 0.1) is 6.92 Å². The van der Waals surface area contributed by atoms with E-state index in [0.29, 0.717) is 5.76 Å². The maximum Gasteiger partial charge on any atom is 0.242 e. The lowest BCUT2D eigenvalue weighted by Gasteiger charge is -2.20. The Balaban J connectivity index is 2.03. The van der Waals surface area contributed by atoms with Crippen LogP contribution in [0.15, 0.2) is 40.9 Å². The van der Waals surface area contributed by atoms with Gasteiger partial charge in [0.1, 0.15) is 11.0 Å². The summed E-state index contributed by atoms with van der Waals surface area (Å²) in [5.74, 6) is 0.541. The standard InChI is InChI=1S/C15H18N2O3S/c1-11-9-14(20-16-11)10-21(19)12(2)15(18)17(3)13-7-5-4-6-8-13/h4-9,12H,10H2,1-3H3. The predicted octanol–water partition coefficient (Wildman–Crippen LogP) is 2.28. The van der Waals surface area contributed by atoms with Gasteiger partial charge in [-0.05, 0) is 26.0 Å². The van der Waals surface area contributed by atoms with E-state index in [1.54, 1.807) is 27.0 Å². The van der Waals surface area contributed by atoms with Crippen molar-refractivity contribution in [3.8, 4) is 0 Å². The number of hydrogen-bond donors (Lipinski definition) is 0. The first-order valence-corrected chi connectivity index (χ1v) is 7.99. The Hall–Kier alpha value is -1.95. The van der Waals surface area contributed by atoms with Crippen molar-refractivity contribution in [1.29, 1.82) is 0 Å². The fraction of sp³-hybridized carbons (Fsp3) is 0.333. The summed E-state index contributed by atoms with van der Waals surface area (Å²) in [5.41, 5.74) is 1.52. The van der Waals surface area contributed by atoms with Gasteiger partial charge < -0.3 is 9.42 Å². The van der Waals surface area contributed by atoms with Crippen LogP contribution in [0.25, 0.3) is 0 Å². The number of benzene rings is 1. The normalized spacial score (nSPS) is 13.7. The molecule has 2 rings (SSSR count). The molecule has 5 nitrogen and oxygen atoms in total. The van der Waals surface area contributed by atoms with Crippen molar-refractivity contribution in [2.75, 3.05) is 11.9 Å². The highest BCUT2D eigenvalue weighted by Gasteiger charge is 2.25. The smallest absolute Gasteiger partial charge is 0.242 e. The quantitative estimate of drug-likeness (QED) is 0.850. The summed E-state index contributed by atoms with van der Waals surface area (Å²) in [6, 6.07) is 11.0. The van der Waals surface area contributed by atoms with Gasteiger partial charge in [0.05, 0.1) is 11.4 Å². The minimum Gasteiger partial charge on any atom is -0.360 e. The predicted molar refractivity (Wildman–Crippen MR) is 82.4 cm³/mol. The number of amides is 1. The maximum atomic E-state index is 12.4. The van der Waals surface area contributed by atoms with Gasteiger partial charge in [-0.3, -0.25) is 9.00 Å². The van der Waals surface area contributed by atoms with Crippen molar-refractivity contribution in [2.45, 2.75) is 24.9 Å². The van der Waals surface area contributed by atoms with Crippen LogP contribution in [-0.2, 0) is 21.3 Å². The van der Waals surface area contributed by atoms with Crippen LogP contribution < -0.4 is 4.90 Å². The molecule has 0 spiro atoms. The van der Waals surface area contributed by atoms with Gasteiger partial charge >= 0.3 is 0 Å². The van der Waals surface area contributed by atoms with Crippen LogP contribution >= 0.6 is 0 Å². The first-order valence-electron chi connectivity index (χ1n) is 6.61. The molecular formula is C15H18N2O3S. The van der Waals surface area contributed by atoms with Crippen molar-refractivity contribution >= 4 is 22.4 Å². The van der Waals surface area contributed by atoms with E-state index in [2.05, 4.69) is 5.16 Å². The molecule has 2 atom stereocenters. The third-order valence-corrected chi connectivity index (χ3v) is 4.74. The third kappa shape index (κ3) is 3.78. The number of aryl methyl sites for hydroxylation is 1. The first kappa shape index (κ1) is 15.4. The van der Waals surface area contributed by atoms with Gasteiger partial charge in [-0.1, -0.05) is 23.4 Å². The average molecular weight is 306 g/mol. The van der Waals surface area contributed by atoms with Gasteiger partial charge in [-0.25, -0.2) is 0 Å². The van der Waals surface area contributed by atoms with E-state index in [-0.39, 0.29) is 11.7 Å². The molecule has 1 heterocycles. The molecule has 0 fully saturated rings. The van der Waals surface area contributed by atoms with E-state index in [0.717, 1.165) is 11.4 Å². The summed E-state index contributed by atoms with van der Waals surface area (Å²) in [4.78, 5) is 13.9. The van der Waals surface area contributed by atoms with Crippen LogP contribution in [0.5, 0.6) is 0 Å². The van der Waals surface area contributed by atoms with Crippen LogP contribution in [0.3, 0.4) is 0 Å². The van der Waals surface area contributed by atoms with Crippen molar-refractivity contribution in [2.24, 2.45) is 0 Å². The zero-order valence-corrected chi connectivity index (χ0v) is 13.1. The fourth-order valence-electron chi connectivity index (χ4n) is 1.91.